The van der Waals surface area contributed by atoms with Gasteiger partial charge in [0.15, 0.2) is 0 Å². The van der Waals surface area contributed by atoms with Crippen LogP contribution in [0.5, 0.6) is 0 Å². The van der Waals surface area contributed by atoms with Crippen molar-refractivity contribution in [1.82, 2.24) is 0 Å². The minimum atomic E-state index is 0.368. The van der Waals surface area contributed by atoms with Gasteiger partial charge >= 0.3 is 0 Å². The molecular weight excluding hydrogens is 290 g/mol. The number of rotatable bonds is 9. The lowest BCUT2D eigenvalue weighted by atomic mass is 9.69. The van der Waals surface area contributed by atoms with E-state index in [2.05, 4.69) is 25.1 Å². The smallest absolute Gasteiger partial charge is 0.0655 e. The summed E-state index contributed by atoms with van der Waals surface area (Å²) in [5.74, 6) is 3.30. The summed E-state index contributed by atoms with van der Waals surface area (Å²) in [6.45, 7) is 2.27. The van der Waals surface area contributed by atoms with E-state index < -0.39 is 0 Å². The van der Waals surface area contributed by atoms with Gasteiger partial charge in [0.05, 0.1) is 6.07 Å². The second-order valence-corrected chi connectivity index (χ2v) is 8.42. The van der Waals surface area contributed by atoms with Crippen LogP contribution in [0.1, 0.15) is 103 Å². The molecule has 0 unspecified atom stereocenters. The van der Waals surface area contributed by atoms with Gasteiger partial charge in [0.1, 0.15) is 0 Å². The molecule has 2 aliphatic carbocycles. The maximum Gasteiger partial charge on any atom is 0.0655 e. The van der Waals surface area contributed by atoms with Crippen LogP contribution >= 0.6 is 0 Å². The van der Waals surface area contributed by atoms with Gasteiger partial charge in [-0.3, -0.25) is 0 Å². The molecule has 2 saturated carbocycles. The zero-order valence-electron chi connectivity index (χ0n) is 16.0. The van der Waals surface area contributed by atoms with Crippen molar-refractivity contribution in [1.29, 1.82) is 5.26 Å². The summed E-state index contributed by atoms with van der Waals surface area (Å²) in [5, 5.41) is 9.04. The van der Waals surface area contributed by atoms with E-state index in [9.17, 15) is 0 Å². The highest BCUT2D eigenvalue weighted by Crippen LogP contribution is 2.42. The SMILES string of the molecule is CCCCC/C=C\CCCC1CCC(C2CCC(C#N)CC2)CC1. The number of unbranched alkanes of at least 4 members (excludes halogenated alkanes) is 4. The van der Waals surface area contributed by atoms with E-state index >= 15 is 0 Å². The lowest BCUT2D eigenvalue weighted by Crippen LogP contribution is -2.25. The summed E-state index contributed by atoms with van der Waals surface area (Å²) >= 11 is 0. The summed E-state index contributed by atoms with van der Waals surface area (Å²) in [6, 6.07) is 2.48. The Morgan fingerprint density at radius 1 is 0.792 bits per heavy atom. The second-order valence-electron chi connectivity index (χ2n) is 8.42. The number of nitrogens with zero attached hydrogens (tertiary/aromatic N) is 1. The highest BCUT2D eigenvalue weighted by Gasteiger charge is 2.30. The van der Waals surface area contributed by atoms with Crippen LogP contribution in [-0.4, -0.2) is 0 Å². The fraction of sp³-hybridized carbons (Fsp3) is 0.870. The number of nitriles is 1. The third-order valence-electron chi connectivity index (χ3n) is 6.64. The Hall–Kier alpha value is -0.770. The van der Waals surface area contributed by atoms with Gasteiger partial charge in [-0.2, -0.15) is 5.26 Å². The zero-order valence-corrected chi connectivity index (χ0v) is 16.0. The Bertz CT molecular complexity index is 375. The van der Waals surface area contributed by atoms with Crippen molar-refractivity contribution in [3.8, 4) is 6.07 Å². The molecule has 0 bridgehead atoms. The van der Waals surface area contributed by atoms with E-state index in [4.69, 9.17) is 5.26 Å². The van der Waals surface area contributed by atoms with E-state index in [1.807, 2.05) is 0 Å². The van der Waals surface area contributed by atoms with Gasteiger partial charge in [-0.05, 0) is 82.0 Å². The first-order chi connectivity index (χ1) is 11.8. The van der Waals surface area contributed by atoms with Gasteiger partial charge in [0, 0.05) is 5.92 Å². The molecule has 1 nitrogen and oxygen atoms in total. The minimum absolute atomic E-state index is 0.368. The monoisotopic (exact) mass is 329 g/mol. The van der Waals surface area contributed by atoms with Crippen molar-refractivity contribution in [2.45, 2.75) is 103 Å². The fourth-order valence-electron chi connectivity index (χ4n) is 4.94. The first-order valence-electron chi connectivity index (χ1n) is 10.9. The zero-order chi connectivity index (χ0) is 17.0. The molecule has 0 aromatic carbocycles. The molecule has 0 aliphatic heterocycles. The van der Waals surface area contributed by atoms with Crippen molar-refractivity contribution in [3.63, 3.8) is 0 Å². The molecule has 0 heterocycles. The molecule has 24 heavy (non-hydrogen) atoms. The summed E-state index contributed by atoms with van der Waals surface area (Å²) < 4.78 is 0. The molecule has 136 valence electrons. The Balaban J connectivity index is 1.51. The van der Waals surface area contributed by atoms with Crippen molar-refractivity contribution in [2.75, 3.05) is 0 Å². The first-order valence-corrected chi connectivity index (χ1v) is 10.9. The topological polar surface area (TPSA) is 23.8 Å². The van der Waals surface area contributed by atoms with E-state index in [1.54, 1.807) is 0 Å². The molecule has 2 aliphatic rings. The quantitative estimate of drug-likeness (QED) is 0.319. The minimum Gasteiger partial charge on any atom is -0.198 e. The molecule has 2 rings (SSSR count). The van der Waals surface area contributed by atoms with E-state index in [1.165, 1.54) is 96.3 Å². The third kappa shape index (κ3) is 7.00. The predicted molar refractivity (Wildman–Crippen MR) is 104 cm³/mol. The number of hydrogen-bond donors (Lipinski definition) is 0. The van der Waals surface area contributed by atoms with Crippen molar-refractivity contribution in [3.05, 3.63) is 12.2 Å². The van der Waals surface area contributed by atoms with Gasteiger partial charge in [0.2, 0.25) is 0 Å². The lowest BCUT2D eigenvalue weighted by Gasteiger charge is -2.36. The van der Waals surface area contributed by atoms with Crippen LogP contribution in [0.15, 0.2) is 12.2 Å². The van der Waals surface area contributed by atoms with Gasteiger partial charge in [0.25, 0.3) is 0 Å². The average molecular weight is 330 g/mol. The second kappa shape index (κ2) is 11.7. The molecule has 0 aromatic rings. The normalized spacial score (nSPS) is 31.2. The lowest BCUT2D eigenvalue weighted by molar-refractivity contribution is 0.153. The molecule has 0 radical (unpaired) electrons. The molecule has 1 heteroatoms. The number of hydrogen-bond acceptors (Lipinski definition) is 1. The standard InChI is InChI=1S/C23H39N/c1-2-3-4-5-6-7-8-9-10-20-11-15-22(16-12-20)23-17-13-21(19-24)14-18-23/h6-7,20-23H,2-5,8-18H2,1H3/b7-6-. The molecule has 0 amide bonds. The first kappa shape index (κ1) is 19.6. The van der Waals surface area contributed by atoms with E-state index in [-0.39, 0.29) is 0 Å². The highest BCUT2D eigenvalue weighted by molar-refractivity contribution is 4.89. The average Bonchev–Trinajstić information content (AvgIpc) is 2.64. The Morgan fingerprint density at radius 2 is 1.38 bits per heavy atom. The van der Waals surface area contributed by atoms with Crippen LogP contribution in [-0.2, 0) is 0 Å². The maximum absolute atomic E-state index is 9.04. The van der Waals surface area contributed by atoms with Gasteiger partial charge in [-0.25, -0.2) is 0 Å². The van der Waals surface area contributed by atoms with Crippen LogP contribution in [0.25, 0.3) is 0 Å². The van der Waals surface area contributed by atoms with Gasteiger partial charge in [-0.15, -0.1) is 0 Å². The largest absolute Gasteiger partial charge is 0.198 e. The molecule has 0 atom stereocenters. The Kier molecular flexibility index (Phi) is 9.55. The Labute approximate surface area is 150 Å². The maximum atomic E-state index is 9.04. The van der Waals surface area contributed by atoms with Crippen LogP contribution in [0.3, 0.4) is 0 Å². The molecule has 0 aromatic heterocycles. The van der Waals surface area contributed by atoms with Crippen molar-refractivity contribution >= 4 is 0 Å². The third-order valence-corrected chi connectivity index (χ3v) is 6.64. The summed E-state index contributed by atoms with van der Waals surface area (Å²) in [7, 11) is 0. The Morgan fingerprint density at radius 3 is 1.96 bits per heavy atom. The molecule has 2 fully saturated rings. The van der Waals surface area contributed by atoms with E-state index in [0.717, 1.165) is 17.8 Å². The molecule has 0 spiro atoms. The van der Waals surface area contributed by atoms with Crippen LogP contribution in [0.4, 0.5) is 0 Å². The van der Waals surface area contributed by atoms with Gasteiger partial charge < -0.3 is 0 Å². The van der Waals surface area contributed by atoms with Crippen molar-refractivity contribution < 1.29 is 0 Å². The summed E-state index contributed by atoms with van der Waals surface area (Å²) in [6.07, 6.45) is 25.2. The number of allylic oxidation sites excluding steroid dienone is 2. The fourth-order valence-corrected chi connectivity index (χ4v) is 4.94. The molecular formula is C23H39N. The van der Waals surface area contributed by atoms with Crippen LogP contribution in [0.2, 0.25) is 0 Å². The van der Waals surface area contributed by atoms with Crippen LogP contribution < -0.4 is 0 Å². The van der Waals surface area contributed by atoms with Crippen LogP contribution in [0, 0.1) is 35.0 Å². The van der Waals surface area contributed by atoms with E-state index in [0.29, 0.717) is 5.92 Å². The molecule has 0 N–H and O–H groups in total. The van der Waals surface area contributed by atoms with Crippen molar-refractivity contribution in [2.24, 2.45) is 23.7 Å². The predicted octanol–water partition coefficient (Wildman–Crippen LogP) is 7.43. The molecule has 0 saturated heterocycles. The summed E-state index contributed by atoms with van der Waals surface area (Å²) in [5.41, 5.74) is 0. The highest BCUT2D eigenvalue weighted by atomic mass is 14.4. The summed E-state index contributed by atoms with van der Waals surface area (Å²) in [4.78, 5) is 0. The van der Waals surface area contributed by atoms with Gasteiger partial charge in [-0.1, -0.05) is 51.2 Å².